The third-order valence-electron chi connectivity index (χ3n) is 4.36. The second kappa shape index (κ2) is 8.75. The molecule has 2 amide bonds. The van der Waals surface area contributed by atoms with Crippen LogP contribution in [0.2, 0.25) is 5.02 Å². The number of nitrogens with zero attached hydrogens (tertiary/aromatic N) is 1. The van der Waals surface area contributed by atoms with Crippen molar-refractivity contribution in [3.8, 4) is 16.9 Å². The fraction of sp³-hybridized carbons (Fsp3) is 0.0952. The van der Waals surface area contributed by atoms with Gasteiger partial charge in [-0.2, -0.15) is 0 Å². The summed E-state index contributed by atoms with van der Waals surface area (Å²) in [5.74, 6) is 11.8. The number of rotatable bonds is 5. The van der Waals surface area contributed by atoms with Gasteiger partial charge in [0.05, 0.1) is 5.69 Å². The number of nitrogens with one attached hydrogen (secondary N) is 1. The van der Waals surface area contributed by atoms with Gasteiger partial charge < -0.3 is 4.74 Å². The lowest BCUT2D eigenvalue weighted by atomic mass is 10.1. The molecule has 0 saturated heterocycles. The van der Waals surface area contributed by atoms with Crippen LogP contribution in [0.3, 0.4) is 0 Å². The van der Waals surface area contributed by atoms with Crippen molar-refractivity contribution in [3.63, 3.8) is 0 Å². The summed E-state index contributed by atoms with van der Waals surface area (Å²) < 4.78 is 5.99. The molecule has 0 aromatic heterocycles. The number of hydrogen-bond donors (Lipinski definition) is 3. The molecule has 0 aliphatic rings. The highest BCUT2D eigenvalue weighted by Gasteiger charge is 2.16. The predicted molar refractivity (Wildman–Crippen MR) is 112 cm³/mol. The molecule has 0 radical (unpaired) electrons. The van der Waals surface area contributed by atoms with Crippen LogP contribution in [0.5, 0.6) is 5.75 Å². The maximum absolute atomic E-state index is 11.8. The summed E-state index contributed by atoms with van der Waals surface area (Å²) in [5, 5.41) is 1.64. The fourth-order valence-corrected chi connectivity index (χ4v) is 3.06. The molecule has 3 aromatic rings. The van der Waals surface area contributed by atoms with E-state index >= 15 is 0 Å². The second-order valence-electron chi connectivity index (χ2n) is 6.22. The topological polar surface area (TPSA) is 93.6 Å². The van der Waals surface area contributed by atoms with Gasteiger partial charge in [-0.15, -0.1) is 0 Å². The number of hydrogen-bond acceptors (Lipinski definition) is 4. The van der Waals surface area contributed by atoms with Gasteiger partial charge >= 0.3 is 6.03 Å². The molecule has 3 rings (SSSR count). The molecule has 28 heavy (non-hydrogen) atoms. The number of ether oxygens (including phenoxy) is 1. The summed E-state index contributed by atoms with van der Waals surface area (Å²) in [7, 11) is 0. The van der Waals surface area contributed by atoms with Gasteiger partial charge in [0, 0.05) is 10.6 Å². The standard InChI is InChI=1S/C21H21ClN4O2/c1-14-5-2-10-20(26(24)21(27)25-23)19(14)13-28-18-9-4-7-16(12-18)15-6-3-8-17(22)11-15/h2-12H,13,23-24H2,1H3,(H,25,27). The van der Waals surface area contributed by atoms with E-state index in [1.54, 1.807) is 6.07 Å². The van der Waals surface area contributed by atoms with Crippen molar-refractivity contribution in [2.45, 2.75) is 13.5 Å². The van der Waals surface area contributed by atoms with E-state index in [9.17, 15) is 4.79 Å². The average Bonchev–Trinajstić information content (AvgIpc) is 2.71. The number of benzene rings is 3. The predicted octanol–water partition coefficient (Wildman–Crippen LogP) is 4.16. The molecule has 0 aliphatic carbocycles. The van der Waals surface area contributed by atoms with Crippen LogP contribution in [0.4, 0.5) is 10.5 Å². The van der Waals surface area contributed by atoms with E-state index in [4.69, 9.17) is 28.0 Å². The van der Waals surface area contributed by atoms with Gasteiger partial charge in [-0.1, -0.05) is 48.0 Å². The first-order chi connectivity index (χ1) is 13.5. The highest BCUT2D eigenvalue weighted by molar-refractivity contribution is 6.30. The molecule has 0 heterocycles. The smallest absolute Gasteiger partial charge is 0.350 e. The van der Waals surface area contributed by atoms with E-state index in [-0.39, 0.29) is 6.61 Å². The van der Waals surface area contributed by atoms with Crippen molar-refractivity contribution in [2.24, 2.45) is 11.7 Å². The largest absolute Gasteiger partial charge is 0.489 e. The van der Waals surface area contributed by atoms with Gasteiger partial charge in [0.25, 0.3) is 0 Å². The third-order valence-corrected chi connectivity index (χ3v) is 4.60. The first-order valence-electron chi connectivity index (χ1n) is 8.62. The first kappa shape index (κ1) is 19.7. The molecule has 0 aliphatic heterocycles. The van der Waals surface area contributed by atoms with Crippen LogP contribution >= 0.6 is 11.6 Å². The summed E-state index contributed by atoms with van der Waals surface area (Å²) in [6, 6.07) is 20.2. The number of urea groups is 1. The molecule has 0 atom stereocenters. The molecule has 0 saturated carbocycles. The molecule has 0 fully saturated rings. The van der Waals surface area contributed by atoms with Crippen LogP contribution in [0, 0.1) is 6.92 Å². The number of aryl methyl sites for hydroxylation is 1. The second-order valence-corrected chi connectivity index (χ2v) is 6.66. The molecule has 6 nitrogen and oxygen atoms in total. The number of halogens is 1. The average molecular weight is 397 g/mol. The lowest BCUT2D eigenvalue weighted by Gasteiger charge is -2.21. The summed E-state index contributed by atoms with van der Waals surface area (Å²) in [6.07, 6.45) is 0. The van der Waals surface area contributed by atoms with E-state index in [1.165, 1.54) is 0 Å². The Balaban J connectivity index is 1.83. The minimum atomic E-state index is -0.616. The van der Waals surface area contributed by atoms with Crippen molar-refractivity contribution < 1.29 is 9.53 Å². The molecule has 0 spiro atoms. The van der Waals surface area contributed by atoms with Gasteiger partial charge in [0.1, 0.15) is 12.4 Å². The highest BCUT2D eigenvalue weighted by Crippen LogP contribution is 2.28. The van der Waals surface area contributed by atoms with Crippen molar-refractivity contribution in [1.29, 1.82) is 0 Å². The molecular formula is C21H21ClN4O2. The SMILES string of the molecule is Cc1cccc(N(N)C(=O)NN)c1COc1cccc(-c2cccc(Cl)c2)c1. The quantitative estimate of drug-likeness (QED) is 0.343. The Labute approximate surface area is 168 Å². The van der Waals surface area contributed by atoms with E-state index in [2.05, 4.69) is 0 Å². The fourth-order valence-electron chi connectivity index (χ4n) is 2.87. The molecule has 0 bridgehead atoms. The Morgan fingerprint density at radius 2 is 1.75 bits per heavy atom. The van der Waals surface area contributed by atoms with Crippen LogP contribution in [-0.4, -0.2) is 6.03 Å². The number of hydrazine groups is 2. The van der Waals surface area contributed by atoms with Gasteiger partial charge in [-0.05, 0) is 53.9 Å². The summed E-state index contributed by atoms with van der Waals surface area (Å²) in [5.41, 5.74) is 6.28. The Morgan fingerprint density at radius 3 is 2.46 bits per heavy atom. The molecule has 0 unspecified atom stereocenters. The third kappa shape index (κ3) is 4.43. The van der Waals surface area contributed by atoms with E-state index < -0.39 is 6.03 Å². The normalized spacial score (nSPS) is 10.4. The number of carbonyl (C=O) groups excluding carboxylic acids is 1. The number of carbonyl (C=O) groups is 1. The lowest BCUT2D eigenvalue weighted by molar-refractivity contribution is 0.246. The maximum atomic E-state index is 11.8. The zero-order chi connectivity index (χ0) is 20.1. The van der Waals surface area contributed by atoms with E-state index in [1.807, 2.05) is 73.0 Å². The zero-order valence-electron chi connectivity index (χ0n) is 15.4. The Kier molecular flexibility index (Phi) is 6.16. The number of amides is 2. The number of anilines is 1. The van der Waals surface area contributed by atoms with Gasteiger partial charge in [-0.25, -0.2) is 21.5 Å². The van der Waals surface area contributed by atoms with Gasteiger partial charge in [0.15, 0.2) is 0 Å². The first-order valence-corrected chi connectivity index (χ1v) is 9.00. The van der Waals surface area contributed by atoms with Gasteiger partial charge in [0.2, 0.25) is 0 Å². The van der Waals surface area contributed by atoms with Crippen molar-refractivity contribution in [1.82, 2.24) is 5.43 Å². The zero-order valence-corrected chi connectivity index (χ0v) is 16.1. The lowest BCUT2D eigenvalue weighted by Crippen LogP contribution is -2.48. The Bertz CT molecular complexity index is 994. The van der Waals surface area contributed by atoms with E-state index in [0.717, 1.165) is 27.3 Å². The molecule has 7 heteroatoms. The molecular weight excluding hydrogens is 376 g/mol. The van der Waals surface area contributed by atoms with Crippen molar-refractivity contribution in [2.75, 3.05) is 5.01 Å². The van der Waals surface area contributed by atoms with Crippen molar-refractivity contribution >= 4 is 23.3 Å². The maximum Gasteiger partial charge on any atom is 0.350 e. The summed E-state index contributed by atoms with van der Waals surface area (Å²) >= 11 is 6.09. The van der Waals surface area contributed by atoms with Crippen LogP contribution in [0.1, 0.15) is 11.1 Å². The summed E-state index contributed by atoms with van der Waals surface area (Å²) in [4.78, 5) is 11.8. The minimum absolute atomic E-state index is 0.243. The van der Waals surface area contributed by atoms with E-state index in [0.29, 0.717) is 16.5 Å². The Morgan fingerprint density at radius 1 is 1.07 bits per heavy atom. The molecule has 5 N–H and O–H groups in total. The molecule has 3 aromatic carbocycles. The highest BCUT2D eigenvalue weighted by atomic mass is 35.5. The minimum Gasteiger partial charge on any atom is -0.489 e. The monoisotopic (exact) mass is 396 g/mol. The van der Waals surface area contributed by atoms with Crippen LogP contribution < -0.4 is 26.9 Å². The Hall–Kier alpha value is -3.06. The number of nitrogens with two attached hydrogens (primary N) is 2. The van der Waals surface area contributed by atoms with Gasteiger partial charge in [-0.3, -0.25) is 5.43 Å². The van der Waals surface area contributed by atoms with Crippen LogP contribution in [-0.2, 0) is 6.61 Å². The molecule has 144 valence electrons. The summed E-state index contributed by atoms with van der Waals surface area (Å²) in [6.45, 7) is 2.17. The van der Waals surface area contributed by atoms with Crippen molar-refractivity contribution in [3.05, 3.63) is 82.9 Å². The van der Waals surface area contributed by atoms with Crippen LogP contribution in [0.25, 0.3) is 11.1 Å². The van der Waals surface area contributed by atoms with Crippen LogP contribution in [0.15, 0.2) is 66.7 Å².